The van der Waals surface area contributed by atoms with Crippen LogP contribution in [0, 0.1) is 0 Å². The first-order valence-corrected chi connectivity index (χ1v) is 12.0. The number of rotatable bonds is 8. The van der Waals surface area contributed by atoms with Crippen LogP contribution >= 0.6 is 0 Å². The molecule has 10 heteroatoms. The maximum Gasteiger partial charge on any atom is 0.260 e. The van der Waals surface area contributed by atoms with E-state index in [1.807, 2.05) is 38.4 Å². The van der Waals surface area contributed by atoms with E-state index >= 15 is 0 Å². The van der Waals surface area contributed by atoms with Crippen molar-refractivity contribution in [3.05, 3.63) is 46.9 Å². The van der Waals surface area contributed by atoms with Gasteiger partial charge in [0.1, 0.15) is 23.2 Å². The normalized spacial score (nSPS) is 16.8. The van der Waals surface area contributed by atoms with E-state index in [0.29, 0.717) is 42.6 Å². The molecule has 10 nitrogen and oxygen atoms in total. The van der Waals surface area contributed by atoms with E-state index in [1.165, 1.54) is 0 Å². The Labute approximate surface area is 205 Å². The Hall–Kier alpha value is -3.37. The topological polar surface area (TPSA) is 101 Å². The van der Waals surface area contributed by atoms with Gasteiger partial charge in [-0.25, -0.2) is 9.97 Å². The number of pyridine rings is 2. The van der Waals surface area contributed by atoms with Crippen LogP contribution in [0.3, 0.4) is 0 Å². The van der Waals surface area contributed by atoms with E-state index in [1.54, 1.807) is 12.0 Å². The second-order valence-electron chi connectivity index (χ2n) is 9.42. The predicted octanol–water partition coefficient (Wildman–Crippen LogP) is 2.59. The molecule has 0 saturated carbocycles. The van der Waals surface area contributed by atoms with Crippen molar-refractivity contribution >= 4 is 17.5 Å². The first-order chi connectivity index (χ1) is 16.9. The van der Waals surface area contributed by atoms with Crippen LogP contribution in [0.1, 0.15) is 53.7 Å². The summed E-state index contributed by atoms with van der Waals surface area (Å²) in [6.07, 6.45) is 1.84. The van der Waals surface area contributed by atoms with Gasteiger partial charge >= 0.3 is 0 Å². The number of ether oxygens (including phenoxy) is 1. The molecule has 0 bridgehead atoms. The molecule has 0 aromatic carbocycles. The lowest BCUT2D eigenvalue weighted by atomic mass is 10.1. The van der Waals surface area contributed by atoms with Crippen molar-refractivity contribution < 1.29 is 9.53 Å². The second-order valence-corrected chi connectivity index (χ2v) is 9.42. The zero-order chi connectivity index (χ0) is 24.7. The molecule has 0 aliphatic carbocycles. The number of aryl methyl sites for hydroxylation is 1. The van der Waals surface area contributed by atoms with Gasteiger partial charge in [0.2, 0.25) is 0 Å². The van der Waals surface area contributed by atoms with Gasteiger partial charge in [0, 0.05) is 38.7 Å². The van der Waals surface area contributed by atoms with Gasteiger partial charge in [-0.3, -0.25) is 9.69 Å². The van der Waals surface area contributed by atoms with Crippen molar-refractivity contribution in [2.75, 3.05) is 37.6 Å². The summed E-state index contributed by atoms with van der Waals surface area (Å²) < 4.78 is 7.53. The van der Waals surface area contributed by atoms with Gasteiger partial charge < -0.3 is 19.5 Å². The summed E-state index contributed by atoms with van der Waals surface area (Å²) in [6, 6.07) is 8.06. The molecule has 0 radical (unpaired) electrons. The van der Waals surface area contributed by atoms with Gasteiger partial charge in [-0.05, 0) is 45.5 Å². The number of anilines is 2. The van der Waals surface area contributed by atoms with Crippen LogP contribution in [0.15, 0.2) is 24.3 Å². The summed E-state index contributed by atoms with van der Waals surface area (Å²) in [4.78, 5) is 27.1. The monoisotopic (exact) mass is 476 g/mol. The average molecular weight is 477 g/mol. The third kappa shape index (κ3) is 4.06. The quantitative estimate of drug-likeness (QED) is 0.529. The number of carbonyl (C=O) groups excluding carboxylic acids is 1. The van der Waals surface area contributed by atoms with Crippen LogP contribution < -0.4 is 15.1 Å². The summed E-state index contributed by atoms with van der Waals surface area (Å²) in [5.41, 5.74) is 3.21. The Morgan fingerprint density at radius 3 is 2.83 bits per heavy atom. The Bertz CT molecular complexity index is 1250. The molecule has 0 unspecified atom stereocenters. The lowest BCUT2D eigenvalue weighted by molar-refractivity contribution is 0.0996. The largest absolute Gasteiger partial charge is 0.383 e. The molecule has 0 spiro atoms. The highest BCUT2D eigenvalue weighted by molar-refractivity contribution is 6.10. The molecule has 0 fully saturated rings. The lowest BCUT2D eigenvalue weighted by Gasteiger charge is -2.24. The molecular weight excluding hydrogens is 444 g/mol. The number of nitrogens with one attached hydrogen (secondary N) is 1. The SMILES string of the molecule is CNCc1nc(N(C)C(C)C)cc2c1CN(c1cccc(-c3nnc4n3[C@H](COC)CC4)n1)C2=O. The average Bonchev–Trinajstić information content (AvgIpc) is 3.54. The lowest BCUT2D eigenvalue weighted by Crippen LogP contribution is -2.27. The van der Waals surface area contributed by atoms with Crippen molar-refractivity contribution in [3.8, 4) is 11.5 Å². The van der Waals surface area contributed by atoms with Crippen LogP contribution in [0.2, 0.25) is 0 Å². The molecule has 1 amide bonds. The molecule has 5 heterocycles. The minimum atomic E-state index is -0.0634. The third-order valence-corrected chi connectivity index (χ3v) is 6.90. The summed E-state index contributed by atoms with van der Waals surface area (Å²) in [6.45, 7) is 5.84. The Morgan fingerprint density at radius 2 is 2.09 bits per heavy atom. The molecule has 0 saturated heterocycles. The fraction of sp³-hybridized carbons (Fsp3) is 0.480. The number of amides is 1. The van der Waals surface area contributed by atoms with E-state index in [2.05, 4.69) is 38.8 Å². The van der Waals surface area contributed by atoms with E-state index < -0.39 is 0 Å². The molecule has 184 valence electrons. The van der Waals surface area contributed by atoms with Crippen LogP contribution in [-0.4, -0.2) is 64.5 Å². The zero-order valence-electron chi connectivity index (χ0n) is 20.9. The third-order valence-electron chi connectivity index (χ3n) is 6.90. The van der Waals surface area contributed by atoms with Gasteiger partial charge in [0.15, 0.2) is 5.82 Å². The maximum absolute atomic E-state index is 13.6. The van der Waals surface area contributed by atoms with Crippen LogP contribution in [0.5, 0.6) is 0 Å². The maximum atomic E-state index is 13.6. The highest BCUT2D eigenvalue weighted by atomic mass is 16.5. The van der Waals surface area contributed by atoms with Crippen molar-refractivity contribution in [1.29, 1.82) is 0 Å². The molecule has 1 N–H and O–H groups in total. The summed E-state index contributed by atoms with van der Waals surface area (Å²) in [5.74, 6) is 2.99. The van der Waals surface area contributed by atoms with Crippen molar-refractivity contribution in [2.24, 2.45) is 0 Å². The number of hydrogen-bond acceptors (Lipinski definition) is 8. The second kappa shape index (κ2) is 9.35. The van der Waals surface area contributed by atoms with Crippen LogP contribution in [-0.2, 0) is 24.2 Å². The van der Waals surface area contributed by atoms with Crippen molar-refractivity contribution in [3.63, 3.8) is 0 Å². The molecular formula is C25H32N8O2. The minimum Gasteiger partial charge on any atom is -0.383 e. The van der Waals surface area contributed by atoms with Gasteiger partial charge in [-0.2, -0.15) is 0 Å². The first kappa shape index (κ1) is 23.4. The fourth-order valence-electron chi connectivity index (χ4n) is 4.82. The first-order valence-electron chi connectivity index (χ1n) is 12.0. The van der Waals surface area contributed by atoms with Crippen molar-refractivity contribution in [1.82, 2.24) is 30.0 Å². The summed E-state index contributed by atoms with van der Waals surface area (Å²) in [5, 5.41) is 12.0. The number of fused-ring (bicyclic) bond motifs is 2. The molecule has 3 aromatic heterocycles. The Kier molecular flexibility index (Phi) is 6.24. The highest BCUT2D eigenvalue weighted by Crippen LogP contribution is 2.34. The van der Waals surface area contributed by atoms with E-state index in [9.17, 15) is 4.79 Å². The molecule has 2 aliphatic rings. The van der Waals surface area contributed by atoms with Gasteiger partial charge in [0.05, 0.1) is 30.5 Å². The molecule has 3 aromatic rings. The molecule has 2 aliphatic heterocycles. The van der Waals surface area contributed by atoms with Gasteiger partial charge in [0.25, 0.3) is 5.91 Å². The standard InChI is InChI=1S/C25H32N8O2/c1-15(2)31(4)23-11-17-18(20(28-23)12-26-3)13-32(25(17)34)21-8-6-7-19(27-21)24-30-29-22-10-9-16(14-35-5)33(22)24/h6-8,11,15-16,26H,9-10,12-14H2,1-5H3/t16-/m0/s1. The number of aromatic nitrogens is 5. The van der Waals surface area contributed by atoms with Crippen LogP contribution in [0.25, 0.3) is 11.5 Å². The highest BCUT2D eigenvalue weighted by Gasteiger charge is 2.34. The molecule has 5 rings (SSSR count). The van der Waals surface area contributed by atoms with E-state index in [0.717, 1.165) is 35.7 Å². The molecule has 1 atom stereocenters. The number of carbonyl (C=O) groups is 1. The predicted molar refractivity (Wildman–Crippen MR) is 134 cm³/mol. The minimum absolute atomic E-state index is 0.0634. The number of nitrogens with zero attached hydrogens (tertiary/aromatic N) is 7. The summed E-state index contributed by atoms with van der Waals surface area (Å²) in [7, 11) is 5.60. The Morgan fingerprint density at radius 1 is 1.26 bits per heavy atom. The van der Waals surface area contributed by atoms with E-state index in [-0.39, 0.29) is 18.0 Å². The van der Waals surface area contributed by atoms with Gasteiger partial charge in [-0.15, -0.1) is 10.2 Å². The number of hydrogen-bond donors (Lipinski definition) is 1. The summed E-state index contributed by atoms with van der Waals surface area (Å²) >= 11 is 0. The smallest absolute Gasteiger partial charge is 0.260 e. The fourth-order valence-corrected chi connectivity index (χ4v) is 4.82. The number of methoxy groups -OCH3 is 1. The van der Waals surface area contributed by atoms with Crippen LogP contribution in [0.4, 0.5) is 11.6 Å². The van der Waals surface area contributed by atoms with Crippen molar-refractivity contribution in [2.45, 2.75) is 51.9 Å². The zero-order valence-corrected chi connectivity index (χ0v) is 20.9. The van der Waals surface area contributed by atoms with Gasteiger partial charge in [-0.1, -0.05) is 6.07 Å². The molecule has 35 heavy (non-hydrogen) atoms. The van der Waals surface area contributed by atoms with E-state index in [4.69, 9.17) is 14.7 Å². The Balaban J connectivity index is 1.50.